The number of anilines is 1. The normalized spacial score (nSPS) is 20.8. The molecule has 3 aliphatic rings. The maximum atomic E-state index is 14.7. The molecular weight excluding hydrogens is 506 g/mol. The van der Waals surface area contributed by atoms with Crippen LogP contribution in [0.5, 0.6) is 11.5 Å². The molecule has 0 radical (unpaired) electrons. The van der Waals surface area contributed by atoms with E-state index in [0.717, 1.165) is 37.1 Å². The summed E-state index contributed by atoms with van der Waals surface area (Å²) in [6.07, 6.45) is 1.65. The van der Waals surface area contributed by atoms with Crippen molar-refractivity contribution in [3.8, 4) is 11.5 Å². The third-order valence-corrected chi connectivity index (χ3v) is 7.84. The predicted octanol–water partition coefficient (Wildman–Crippen LogP) is 3.42. The summed E-state index contributed by atoms with van der Waals surface area (Å²) in [5.74, 6) is -0.286. The molecule has 6 rings (SSSR count). The standard InChI is InChI=1S/C29H32F2N4O4/c30-21-4-5-23-18(13-21)3-6-26(32-23)35-10-7-19(16-35)29(37)33-24(17-34-8-1-2-9-34)27(36)20-14-22(31)28-25(15-20)38-11-12-39-28/h3-6,13-15,19,24,27,36H,1-2,7-12,16-17H2,(H,33,37)/t19-,24-,27-/m1/s1. The number of pyridine rings is 1. The molecule has 10 heteroatoms. The van der Waals surface area contributed by atoms with E-state index in [2.05, 4.69) is 20.1 Å². The number of aromatic nitrogens is 1. The minimum Gasteiger partial charge on any atom is -0.486 e. The second kappa shape index (κ2) is 10.9. The van der Waals surface area contributed by atoms with Gasteiger partial charge in [-0.05, 0) is 80.4 Å². The highest BCUT2D eigenvalue weighted by Crippen LogP contribution is 2.36. The average Bonchev–Trinajstić information content (AvgIpc) is 3.65. The van der Waals surface area contributed by atoms with E-state index in [9.17, 15) is 18.7 Å². The minimum atomic E-state index is -1.13. The number of aliphatic hydroxyl groups is 1. The monoisotopic (exact) mass is 538 g/mol. The lowest BCUT2D eigenvalue weighted by molar-refractivity contribution is -0.126. The Morgan fingerprint density at radius 1 is 1.08 bits per heavy atom. The van der Waals surface area contributed by atoms with Gasteiger partial charge in [-0.1, -0.05) is 0 Å². The van der Waals surface area contributed by atoms with E-state index < -0.39 is 18.0 Å². The zero-order valence-electron chi connectivity index (χ0n) is 21.6. The number of ether oxygens (including phenoxy) is 2. The first-order chi connectivity index (χ1) is 18.9. The van der Waals surface area contributed by atoms with Crippen LogP contribution < -0.4 is 19.7 Å². The van der Waals surface area contributed by atoms with Crippen molar-refractivity contribution in [1.29, 1.82) is 0 Å². The van der Waals surface area contributed by atoms with E-state index >= 15 is 0 Å². The highest BCUT2D eigenvalue weighted by molar-refractivity contribution is 5.82. The first-order valence-corrected chi connectivity index (χ1v) is 13.6. The van der Waals surface area contributed by atoms with E-state index in [-0.39, 0.29) is 35.7 Å². The van der Waals surface area contributed by atoms with E-state index in [1.54, 1.807) is 12.1 Å². The summed E-state index contributed by atoms with van der Waals surface area (Å²) in [6, 6.07) is 10.4. The summed E-state index contributed by atoms with van der Waals surface area (Å²) in [5.41, 5.74) is 1.04. The molecule has 1 amide bonds. The number of fused-ring (bicyclic) bond motifs is 2. The highest BCUT2D eigenvalue weighted by Gasteiger charge is 2.34. The number of hydrogen-bond acceptors (Lipinski definition) is 7. The van der Waals surface area contributed by atoms with Crippen molar-refractivity contribution in [1.82, 2.24) is 15.2 Å². The third kappa shape index (κ3) is 5.49. The van der Waals surface area contributed by atoms with Crippen LogP contribution in [-0.4, -0.2) is 72.9 Å². The van der Waals surface area contributed by atoms with Gasteiger partial charge in [-0.3, -0.25) is 4.79 Å². The van der Waals surface area contributed by atoms with Gasteiger partial charge in [0.25, 0.3) is 0 Å². The fraction of sp³-hybridized carbons (Fsp3) is 0.448. The van der Waals surface area contributed by atoms with Gasteiger partial charge in [0, 0.05) is 25.0 Å². The number of rotatable bonds is 7. The van der Waals surface area contributed by atoms with Crippen LogP contribution in [0.2, 0.25) is 0 Å². The molecule has 0 spiro atoms. The quantitative estimate of drug-likeness (QED) is 0.477. The Kier molecular flexibility index (Phi) is 7.22. The first kappa shape index (κ1) is 25.8. The molecule has 3 aliphatic heterocycles. The fourth-order valence-electron chi connectivity index (χ4n) is 5.75. The van der Waals surface area contributed by atoms with Gasteiger partial charge in [-0.2, -0.15) is 0 Å². The highest BCUT2D eigenvalue weighted by atomic mass is 19.1. The van der Waals surface area contributed by atoms with Gasteiger partial charge in [-0.25, -0.2) is 13.8 Å². The van der Waals surface area contributed by atoms with Gasteiger partial charge in [0.2, 0.25) is 5.91 Å². The van der Waals surface area contributed by atoms with Crippen molar-refractivity contribution >= 4 is 22.6 Å². The number of carbonyl (C=O) groups excluding carboxylic acids is 1. The molecule has 206 valence electrons. The molecule has 3 aromatic rings. The smallest absolute Gasteiger partial charge is 0.225 e. The zero-order chi connectivity index (χ0) is 26.9. The molecule has 1 aromatic heterocycles. The molecule has 0 unspecified atom stereocenters. The van der Waals surface area contributed by atoms with Gasteiger partial charge in [0.05, 0.1) is 17.5 Å². The van der Waals surface area contributed by atoms with Crippen LogP contribution in [0.1, 0.15) is 30.9 Å². The summed E-state index contributed by atoms with van der Waals surface area (Å²) in [7, 11) is 0. The van der Waals surface area contributed by atoms with Crippen LogP contribution in [0.3, 0.4) is 0 Å². The van der Waals surface area contributed by atoms with Gasteiger partial charge >= 0.3 is 0 Å². The minimum absolute atomic E-state index is 0.0517. The van der Waals surface area contributed by atoms with E-state index in [1.807, 2.05) is 12.1 Å². The SMILES string of the molecule is O=C(N[C@H](CN1CCCC1)[C@H](O)c1cc(F)c2c(c1)OCCO2)[C@@H]1CCN(c2ccc3cc(F)ccc3n2)C1. The topological polar surface area (TPSA) is 87.2 Å². The Morgan fingerprint density at radius 2 is 1.90 bits per heavy atom. The molecule has 2 saturated heterocycles. The van der Waals surface area contributed by atoms with Crippen molar-refractivity contribution < 1.29 is 28.2 Å². The summed E-state index contributed by atoms with van der Waals surface area (Å²) < 4.78 is 39.2. The summed E-state index contributed by atoms with van der Waals surface area (Å²) in [6.45, 7) is 3.96. The zero-order valence-corrected chi connectivity index (χ0v) is 21.6. The van der Waals surface area contributed by atoms with Gasteiger partial charge in [0.1, 0.15) is 31.0 Å². The number of carbonyl (C=O) groups is 1. The number of nitrogens with one attached hydrogen (secondary N) is 1. The number of amides is 1. The van der Waals surface area contributed by atoms with E-state index in [4.69, 9.17) is 9.47 Å². The van der Waals surface area contributed by atoms with Crippen molar-refractivity contribution in [2.45, 2.75) is 31.4 Å². The number of likely N-dealkylation sites (tertiary alicyclic amines) is 1. The molecule has 2 fully saturated rings. The lowest BCUT2D eigenvalue weighted by Crippen LogP contribution is -2.48. The third-order valence-electron chi connectivity index (χ3n) is 7.84. The first-order valence-electron chi connectivity index (χ1n) is 13.6. The molecule has 0 aliphatic carbocycles. The molecule has 0 bridgehead atoms. The van der Waals surface area contributed by atoms with Crippen LogP contribution in [0.15, 0.2) is 42.5 Å². The molecule has 4 heterocycles. The molecular formula is C29H32F2N4O4. The molecule has 2 N–H and O–H groups in total. The average molecular weight is 539 g/mol. The Morgan fingerprint density at radius 3 is 2.74 bits per heavy atom. The van der Waals surface area contributed by atoms with Gasteiger partial charge in [-0.15, -0.1) is 0 Å². The number of benzene rings is 2. The largest absolute Gasteiger partial charge is 0.486 e. The predicted molar refractivity (Wildman–Crippen MR) is 142 cm³/mol. The van der Waals surface area contributed by atoms with Gasteiger partial charge in [0.15, 0.2) is 17.3 Å². The van der Waals surface area contributed by atoms with Crippen LogP contribution in [0.25, 0.3) is 10.9 Å². The molecule has 39 heavy (non-hydrogen) atoms. The number of aliphatic hydroxyl groups excluding tert-OH is 1. The van der Waals surface area contributed by atoms with Crippen LogP contribution in [-0.2, 0) is 4.79 Å². The summed E-state index contributed by atoms with van der Waals surface area (Å²) in [4.78, 5) is 22.4. The number of hydrogen-bond donors (Lipinski definition) is 2. The van der Waals surface area contributed by atoms with Crippen molar-refractivity contribution in [3.05, 3.63) is 59.7 Å². The van der Waals surface area contributed by atoms with Gasteiger partial charge < -0.3 is 29.7 Å². The van der Waals surface area contributed by atoms with Crippen LogP contribution in [0.4, 0.5) is 14.6 Å². The second-order valence-electron chi connectivity index (χ2n) is 10.5. The van der Waals surface area contributed by atoms with E-state index in [1.165, 1.54) is 18.2 Å². The Bertz CT molecular complexity index is 1370. The second-order valence-corrected chi connectivity index (χ2v) is 10.5. The molecule has 3 atom stereocenters. The fourth-order valence-corrected chi connectivity index (χ4v) is 5.75. The van der Waals surface area contributed by atoms with Crippen molar-refractivity contribution in [2.24, 2.45) is 5.92 Å². The van der Waals surface area contributed by atoms with E-state index in [0.29, 0.717) is 43.7 Å². The maximum absolute atomic E-state index is 14.7. The molecule has 0 saturated carbocycles. The maximum Gasteiger partial charge on any atom is 0.225 e. The van der Waals surface area contributed by atoms with Crippen molar-refractivity contribution in [2.75, 3.05) is 50.8 Å². The summed E-state index contributed by atoms with van der Waals surface area (Å²) >= 11 is 0. The lowest BCUT2D eigenvalue weighted by atomic mass is 9.99. The Balaban J connectivity index is 1.17. The van der Waals surface area contributed by atoms with Crippen molar-refractivity contribution in [3.63, 3.8) is 0 Å². The van der Waals surface area contributed by atoms with Crippen LogP contribution in [0, 0.1) is 17.6 Å². The lowest BCUT2D eigenvalue weighted by Gasteiger charge is -2.30. The number of halogens is 2. The number of nitrogens with zero attached hydrogens (tertiary/aromatic N) is 3. The Hall–Kier alpha value is -3.50. The molecule has 8 nitrogen and oxygen atoms in total. The summed E-state index contributed by atoms with van der Waals surface area (Å²) in [5, 5.41) is 15.2. The Labute approximate surface area is 225 Å². The van der Waals surface area contributed by atoms with Crippen LogP contribution >= 0.6 is 0 Å². The molecule has 2 aromatic carbocycles.